The molecule has 5 nitrogen and oxygen atoms in total. The summed E-state index contributed by atoms with van der Waals surface area (Å²) in [6.07, 6.45) is 1.78. The van der Waals surface area contributed by atoms with Crippen molar-refractivity contribution in [3.05, 3.63) is 58.8 Å². The van der Waals surface area contributed by atoms with Gasteiger partial charge in [-0.25, -0.2) is 9.99 Å². The van der Waals surface area contributed by atoms with Gasteiger partial charge in [0.2, 0.25) is 0 Å². The first-order chi connectivity index (χ1) is 9.09. The summed E-state index contributed by atoms with van der Waals surface area (Å²) in [6.45, 7) is 0.595. The Bertz CT molecular complexity index is 607. The fraction of sp³-hybridized carbons (Fsp3) is 0.286. The number of hydrazine groups is 1. The zero-order valence-corrected chi connectivity index (χ0v) is 11.5. The topological polar surface area (TPSA) is 41.1 Å². The average molecular weight is 259 g/mol. The van der Waals surface area contributed by atoms with E-state index in [0.717, 1.165) is 11.4 Å². The van der Waals surface area contributed by atoms with Crippen molar-refractivity contribution in [2.45, 2.75) is 6.54 Å². The zero-order valence-electron chi connectivity index (χ0n) is 11.5. The van der Waals surface area contributed by atoms with Gasteiger partial charge in [0, 0.05) is 13.1 Å². The zero-order chi connectivity index (χ0) is 13.8. The molecule has 0 aliphatic rings. The summed E-state index contributed by atoms with van der Waals surface area (Å²) >= 11 is 0. The second-order valence-electron chi connectivity index (χ2n) is 4.49. The van der Waals surface area contributed by atoms with Gasteiger partial charge in [0.15, 0.2) is 0 Å². The Morgan fingerprint density at radius 3 is 2.63 bits per heavy atom. The fourth-order valence-electron chi connectivity index (χ4n) is 1.85. The standard InChI is InChI=1S/C14H19N4O/c1-16-10-9-13(17(2)14(16)19)11-15-18(3)12-7-5-4-6-8-12/h4-10,15H,11H2,1-3H3/q+1. The van der Waals surface area contributed by atoms with Crippen molar-refractivity contribution in [2.75, 3.05) is 12.1 Å². The first kappa shape index (κ1) is 13.3. The van der Waals surface area contributed by atoms with Crippen LogP contribution in [-0.2, 0) is 20.6 Å². The van der Waals surface area contributed by atoms with Gasteiger partial charge < -0.3 is 5.01 Å². The van der Waals surface area contributed by atoms with Crippen LogP contribution in [0.5, 0.6) is 0 Å². The van der Waals surface area contributed by atoms with E-state index in [4.69, 9.17) is 0 Å². The summed E-state index contributed by atoms with van der Waals surface area (Å²) in [5, 5.41) is 1.94. The largest absolute Gasteiger partial charge is 0.497 e. The lowest BCUT2D eigenvalue weighted by molar-refractivity contribution is -0.691. The van der Waals surface area contributed by atoms with Crippen molar-refractivity contribution >= 4 is 5.69 Å². The fourth-order valence-corrected chi connectivity index (χ4v) is 1.85. The Kier molecular flexibility index (Phi) is 3.97. The molecule has 0 spiro atoms. The molecule has 0 aliphatic carbocycles. The molecule has 0 radical (unpaired) electrons. The molecule has 0 bridgehead atoms. The number of hydrogen-bond acceptors (Lipinski definition) is 3. The van der Waals surface area contributed by atoms with Crippen molar-refractivity contribution in [1.82, 2.24) is 9.99 Å². The Morgan fingerprint density at radius 1 is 1.26 bits per heavy atom. The number of hydrogen-bond donors (Lipinski definition) is 1. The summed E-state index contributed by atoms with van der Waals surface area (Å²) in [4.78, 5) is 11.8. The van der Waals surface area contributed by atoms with Gasteiger partial charge in [0.05, 0.1) is 32.5 Å². The highest BCUT2D eigenvalue weighted by Gasteiger charge is 2.10. The molecule has 2 aromatic rings. The van der Waals surface area contributed by atoms with Crippen LogP contribution in [-0.4, -0.2) is 11.6 Å². The molecule has 2 rings (SSSR count). The minimum Gasteiger partial charge on any atom is -0.311 e. The average Bonchev–Trinajstić information content (AvgIpc) is 2.45. The number of nitrogens with one attached hydrogen (secondary N) is 1. The number of aromatic nitrogens is 2. The van der Waals surface area contributed by atoms with Crippen LogP contribution < -0.4 is 20.7 Å². The highest BCUT2D eigenvalue weighted by atomic mass is 16.1. The minimum atomic E-state index is -0.0262. The SMILES string of the molecule is CN(NCc1cc[n+](C)c(=O)n1C)c1ccccc1. The summed E-state index contributed by atoms with van der Waals surface area (Å²) in [6, 6.07) is 12.0. The van der Waals surface area contributed by atoms with Gasteiger partial charge >= 0.3 is 5.69 Å². The van der Waals surface area contributed by atoms with Crippen LogP contribution in [0, 0.1) is 0 Å². The highest BCUT2D eigenvalue weighted by Crippen LogP contribution is 2.08. The first-order valence-corrected chi connectivity index (χ1v) is 6.16. The third-order valence-electron chi connectivity index (χ3n) is 3.15. The van der Waals surface area contributed by atoms with Crippen molar-refractivity contribution in [3.63, 3.8) is 0 Å². The van der Waals surface area contributed by atoms with E-state index in [1.807, 2.05) is 48.5 Å². The van der Waals surface area contributed by atoms with Crippen molar-refractivity contribution in [3.8, 4) is 0 Å². The summed E-state index contributed by atoms with van der Waals surface area (Å²) in [7, 11) is 5.48. The molecular weight excluding hydrogens is 240 g/mol. The second kappa shape index (κ2) is 5.67. The maximum atomic E-state index is 11.8. The van der Waals surface area contributed by atoms with E-state index in [1.54, 1.807) is 29.4 Å². The second-order valence-corrected chi connectivity index (χ2v) is 4.49. The van der Waals surface area contributed by atoms with Crippen LogP contribution in [0.15, 0.2) is 47.4 Å². The van der Waals surface area contributed by atoms with Gasteiger partial charge in [-0.05, 0) is 12.1 Å². The number of aryl methyl sites for hydroxylation is 1. The number of benzene rings is 1. The Hall–Kier alpha value is -2.14. The molecule has 5 heteroatoms. The Labute approximate surface area is 112 Å². The van der Waals surface area contributed by atoms with Gasteiger partial charge in [0.1, 0.15) is 5.69 Å². The number of anilines is 1. The third kappa shape index (κ3) is 3.00. The monoisotopic (exact) mass is 259 g/mol. The van der Waals surface area contributed by atoms with E-state index >= 15 is 0 Å². The smallest absolute Gasteiger partial charge is 0.311 e. The Balaban J connectivity index is 2.08. The molecule has 100 valence electrons. The van der Waals surface area contributed by atoms with Crippen molar-refractivity contribution in [1.29, 1.82) is 0 Å². The summed E-state index contributed by atoms with van der Waals surface area (Å²) in [5.74, 6) is 0. The normalized spacial score (nSPS) is 10.5. The van der Waals surface area contributed by atoms with E-state index in [9.17, 15) is 4.79 Å². The third-order valence-corrected chi connectivity index (χ3v) is 3.15. The van der Waals surface area contributed by atoms with Gasteiger partial charge in [-0.1, -0.05) is 18.2 Å². The quantitative estimate of drug-likeness (QED) is 0.636. The lowest BCUT2D eigenvalue weighted by atomic mass is 10.3. The van der Waals surface area contributed by atoms with Crippen LogP contribution in [0.25, 0.3) is 0 Å². The predicted molar refractivity (Wildman–Crippen MR) is 74.5 cm³/mol. The molecule has 1 aromatic carbocycles. The molecule has 19 heavy (non-hydrogen) atoms. The van der Waals surface area contributed by atoms with Gasteiger partial charge in [-0.2, -0.15) is 9.36 Å². The molecule has 1 aromatic heterocycles. The maximum absolute atomic E-state index is 11.8. The molecule has 0 unspecified atom stereocenters. The Morgan fingerprint density at radius 2 is 1.95 bits per heavy atom. The molecule has 0 aliphatic heterocycles. The highest BCUT2D eigenvalue weighted by molar-refractivity contribution is 5.43. The van der Waals surface area contributed by atoms with E-state index < -0.39 is 0 Å². The first-order valence-electron chi connectivity index (χ1n) is 6.16. The molecule has 0 amide bonds. The minimum absolute atomic E-state index is 0.0262. The van der Waals surface area contributed by atoms with Gasteiger partial charge in [0.25, 0.3) is 0 Å². The molecule has 0 fully saturated rings. The number of nitrogens with zero attached hydrogens (tertiary/aromatic N) is 3. The van der Waals surface area contributed by atoms with E-state index in [2.05, 4.69) is 5.43 Å². The van der Waals surface area contributed by atoms with E-state index in [1.165, 1.54) is 0 Å². The molecule has 0 saturated heterocycles. The van der Waals surface area contributed by atoms with Crippen LogP contribution in [0.1, 0.15) is 5.69 Å². The van der Waals surface area contributed by atoms with Gasteiger partial charge in [-0.15, -0.1) is 0 Å². The summed E-state index contributed by atoms with van der Waals surface area (Å²) in [5.41, 5.74) is 5.25. The predicted octanol–water partition coefficient (Wildman–Crippen LogP) is 0.351. The van der Waals surface area contributed by atoms with Gasteiger partial charge in [-0.3, -0.25) is 0 Å². The number of para-hydroxylation sites is 1. The summed E-state index contributed by atoms with van der Waals surface area (Å²) < 4.78 is 3.20. The van der Waals surface area contributed by atoms with Crippen molar-refractivity contribution in [2.24, 2.45) is 14.1 Å². The van der Waals surface area contributed by atoms with Crippen LogP contribution in [0.4, 0.5) is 5.69 Å². The van der Waals surface area contributed by atoms with Crippen LogP contribution >= 0.6 is 0 Å². The van der Waals surface area contributed by atoms with Crippen molar-refractivity contribution < 1.29 is 4.57 Å². The lowest BCUT2D eigenvalue weighted by Crippen LogP contribution is -2.51. The maximum Gasteiger partial charge on any atom is 0.497 e. The van der Waals surface area contributed by atoms with E-state index in [0.29, 0.717) is 6.54 Å². The van der Waals surface area contributed by atoms with Crippen LogP contribution in [0.2, 0.25) is 0 Å². The van der Waals surface area contributed by atoms with E-state index in [-0.39, 0.29) is 5.69 Å². The molecule has 0 saturated carbocycles. The van der Waals surface area contributed by atoms with Crippen LogP contribution in [0.3, 0.4) is 0 Å². The molecular formula is C14H19N4O+. The molecule has 1 heterocycles. The molecule has 1 N–H and O–H groups in total. The lowest BCUT2D eigenvalue weighted by Gasteiger charge is -2.20. The number of rotatable bonds is 4. The molecule has 0 atom stereocenters.